The zero-order valence-corrected chi connectivity index (χ0v) is 9.57. The fourth-order valence-electron chi connectivity index (χ4n) is 1.43. The van der Waals surface area contributed by atoms with Gasteiger partial charge in [0.2, 0.25) is 0 Å². The van der Waals surface area contributed by atoms with Gasteiger partial charge in [0.05, 0.1) is 10.9 Å². The van der Waals surface area contributed by atoms with Crippen molar-refractivity contribution in [2.45, 2.75) is 6.54 Å². The van der Waals surface area contributed by atoms with Crippen LogP contribution >= 0.6 is 15.9 Å². The molecule has 0 N–H and O–H groups in total. The quantitative estimate of drug-likeness (QED) is 0.617. The summed E-state index contributed by atoms with van der Waals surface area (Å²) in [6.45, 7) is 4.07. The minimum Gasteiger partial charge on any atom is -0.283 e. The number of para-hydroxylation sites is 1. The number of aromatic nitrogens is 2. The number of nitrogens with zero attached hydrogens (tertiary/aromatic N) is 2. The Kier molecular flexibility index (Phi) is 2.68. The van der Waals surface area contributed by atoms with Crippen LogP contribution in [-0.2, 0) is 6.54 Å². The van der Waals surface area contributed by atoms with Gasteiger partial charge in [-0.15, -0.1) is 6.58 Å². The minimum atomic E-state index is -0.0487. The zero-order chi connectivity index (χ0) is 10.8. The van der Waals surface area contributed by atoms with Crippen molar-refractivity contribution in [1.82, 2.24) is 9.55 Å². The number of benzene rings is 1. The number of rotatable bonds is 2. The van der Waals surface area contributed by atoms with Crippen LogP contribution in [-0.4, -0.2) is 9.55 Å². The lowest BCUT2D eigenvalue weighted by atomic mass is 10.2. The number of fused-ring (bicyclic) bond motifs is 1. The number of halogens is 1. The monoisotopic (exact) mass is 264 g/mol. The molecule has 1 heterocycles. The van der Waals surface area contributed by atoms with Gasteiger partial charge < -0.3 is 0 Å². The minimum absolute atomic E-state index is 0.0487. The van der Waals surface area contributed by atoms with E-state index in [0.29, 0.717) is 22.2 Å². The maximum absolute atomic E-state index is 12.0. The maximum Gasteiger partial charge on any atom is 0.262 e. The van der Waals surface area contributed by atoms with E-state index in [4.69, 9.17) is 0 Å². The van der Waals surface area contributed by atoms with Gasteiger partial charge in [0, 0.05) is 6.54 Å². The fraction of sp³-hybridized carbons (Fsp3) is 0.0909. The van der Waals surface area contributed by atoms with Crippen molar-refractivity contribution in [3.8, 4) is 0 Å². The topological polar surface area (TPSA) is 34.9 Å². The molecule has 0 radical (unpaired) electrons. The van der Waals surface area contributed by atoms with Gasteiger partial charge in [-0.3, -0.25) is 9.36 Å². The number of allylic oxidation sites excluding steroid dienone is 1. The molecule has 0 aliphatic carbocycles. The summed E-state index contributed by atoms with van der Waals surface area (Å²) in [5.74, 6) is 0. The van der Waals surface area contributed by atoms with Crippen molar-refractivity contribution in [1.29, 1.82) is 0 Å². The van der Waals surface area contributed by atoms with Crippen molar-refractivity contribution in [3.63, 3.8) is 0 Å². The van der Waals surface area contributed by atoms with Crippen LogP contribution in [0.1, 0.15) is 0 Å². The lowest BCUT2D eigenvalue weighted by Crippen LogP contribution is -2.21. The average Bonchev–Trinajstić information content (AvgIpc) is 2.24. The number of hydrogen-bond donors (Lipinski definition) is 0. The van der Waals surface area contributed by atoms with Crippen LogP contribution < -0.4 is 5.56 Å². The van der Waals surface area contributed by atoms with Gasteiger partial charge >= 0.3 is 0 Å². The Morgan fingerprint density at radius 1 is 1.47 bits per heavy atom. The van der Waals surface area contributed by atoms with Crippen LogP contribution in [0.4, 0.5) is 0 Å². The Morgan fingerprint density at radius 3 is 2.93 bits per heavy atom. The highest BCUT2D eigenvalue weighted by Crippen LogP contribution is 2.11. The van der Waals surface area contributed by atoms with Gasteiger partial charge in [-0.05, 0) is 28.1 Å². The van der Waals surface area contributed by atoms with E-state index in [1.165, 1.54) is 4.57 Å². The molecule has 76 valence electrons. The molecular weight excluding hydrogens is 256 g/mol. The molecule has 0 atom stereocenters. The third-order valence-corrected chi connectivity index (χ3v) is 2.73. The van der Waals surface area contributed by atoms with Gasteiger partial charge in [-0.2, -0.15) is 0 Å². The molecule has 0 aliphatic rings. The number of hydrogen-bond acceptors (Lipinski definition) is 2. The summed E-state index contributed by atoms with van der Waals surface area (Å²) in [5.41, 5.74) is 0.655. The molecule has 0 saturated heterocycles. The van der Waals surface area contributed by atoms with E-state index < -0.39 is 0 Å². The molecule has 1 aromatic heterocycles. The van der Waals surface area contributed by atoms with Crippen molar-refractivity contribution < 1.29 is 0 Å². The van der Waals surface area contributed by atoms with E-state index in [1.54, 1.807) is 12.1 Å². The Bertz CT molecular complexity index is 574. The summed E-state index contributed by atoms with van der Waals surface area (Å²) in [4.78, 5) is 16.3. The highest BCUT2D eigenvalue weighted by atomic mass is 79.9. The van der Waals surface area contributed by atoms with Crippen molar-refractivity contribution in [3.05, 3.63) is 52.0 Å². The molecule has 1 aromatic carbocycles. The zero-order valence-electron chi connectivity index (χ0n) is 7.98. The SMILES string of the molecule is C=CCn1c(Br)nc2ccccc2c1=O. The van der Waals surface area contributed by atoms with E-state index in [-0.39, 0.29) is 5.56 Å². The average molecular weight is 265 g/mol. The summed E-state index contributed by atoms with van der Waals surface area (Å²) in [7, 11) is 0. The molecule has 2 rings (SSSR count). The van der Waals surface area contributed by atoms with Gasteiger partial charge in [0.15, 0.2) is 4.73 Å². The normalized spacial score (nSPS) is 10.5. The molecule has 0 amide bonds. The van der Waals surface area contributed by atoms with Crippen molar-refractivity contribution >= 4 is 26.8 Å². The molecular formula is C11H9BrN2O. The van der Waals surface area contributed by atoms with Gasteiger partial charge in [-0.1, -0.05) is 18.2 Å². The largest absolute Gasteiger partial charge is 0.283 e. The summed E-state index contributed by atoms with van der Waals surface area (Å²) in [6.07, 6.45) is 1.67. The van der Waals surface area contributed by atoms with E-state index in [0.717, 1.165) is 0 Å². The van der Waals surface area contributed by atoms with Crippen LogP contribution in [0.15, 0.2) is 46.4 Å². The van der Waals surface area contributed by atoms with Crippen LogP contribution in [0, 0.1) is 0 Å². The molecule has 0 unspecified atom stereocenters. The Labute approximate surface area is 95.2 Å². The molecule has 15 heavy (non-hydrogen) atoms. The predicted octanol–water partition coefficient (Wildman–Crippen LogP) is 2.34. The first-order valence-corrected chi connectivity index (χ1v) is 5.29. The Hall–Kier alpha value is -1.42. The molecule has 4 heteroatoms. The van der Waals surface area contributed by atoms with Gasteiger partial charge in [-0.25, -0.2) is 4.98 Å². The summed E-state index contributed by atoms with van der Waals surface area (Å²) in [6, 6.07) is 7.28. The lowest BCUT2D eigenvalue weighted by molar-refractivity contribution is 0.742. The second kappa shape index (κ2) is 3.98. The highest BCUT2D eigenvalue weighted by Gasteiger charge is 2.06. The van der Waals surface area contributed by atoms with Crippen LogP contribution in [0.3, 0.4) is 0 Å². The fourth-order valence-corrected chi connectivity index (χ4v) is 1.93. The summed E-state index contributed by atoms with van der Waals surface area (Å²) in [5, 5.41) is 0.627. The van der Waals surface area contributed by atoms with Gasteiger partial charge in [0.1, 0.15) is 0 Å². The molecule has 2 aromatic rings. The maximum atomic E-state index is 12.0. The highest BCUT2D eigenvalue weighted by molar-refractivity contribution is 9.10. The second-order valence-electron chi connectivity index (χ2n) is 3.10. The molecule has 3 nitrogen and oxygen atoms in total. The van der Waals surface area contributed by atoms with Crippen LogP contribution in [0.2, 0.25) is 0 Å². The third kappa shape index (κ3) is 1.72. The lowest BCUT2D eigenvalue weighted by Gasteiger charge is -2.06. The van der Waals surface area contributed by atoms with E-state index >= 15 is 0 Å². The van der Waals surface area contributed by atoms with Gasteiger partial charge in [0.25, 0.3) is 5.56 Å². The van der Waals surface area contributed by atoms with E-state index in [9.17, 15) is 4.79 Å². The standard InChI is InChI=1S/C11H9BrN2O/c1-2-7-14-10(15)8-5-3-4-6-9(8)13-11(14)12/h2-6H,1,7H2. The summed E-state index contributed by atoms with van der Waals surface area (Å²) < 4.78 is 2.07. The van der Waals surface area contributed by atoms with Crippen molar-refractivity contribution in [2.24, 2.45) is 0 Å². The molecule has 0 bridgehead atoms. The first-order valence-electron chi connectivity index (χ1n) is 4.50. The molecule has 0 fully saturated rings. The van der Waals surface area contributed by atoms with E-state index in [1.807, 2.05) is 18.2 Å². The summed E-state index contributed by atoms with van der Waals surface area (Å²) >= 11 is 3.27. The third-order valence-electron chi connectivity index (χ3n) is 2.13. The second-order valence-corrected chi connectivity index (χ2v) is 3.81. The molecule has 0 spiro atoms. The predicted molar refractivity (Wildman–Crippen MR) is 63.9 cm³/mol. The molecule has 0 aliphatic heterocycles. The Morgan fingerprint density at radius 2 is 2.20 bits per heavy atom. The first-order chi connectivity index (χ1) is 7.24. The molecule has 0 saturated carbocycles. The van der Waals surface area contributed by atoms with Crippen LogP contribution in [0.25, 0.3) is 10.9 Å². The van der Waals surface area contributed by atoms with E-state index in [2.05, 4.69) is 27.5 Å². The smallest absolute Gasteiger partial charge is 0.262 e. The first kappa shape index (κ1) is 10.1. The Balaban J connectivity index is 2.84. The van der Waals surface area contributed by atoms with Crippen molar-refractivity contribution in [2.75, 3.05) is 0 Å². The van der Waals surface area contributed by atoms with Crippen LogP contribution in [0.5, 0.6) is 0 Å².